The van der Waals surface area contributed by atoms with E-state index in [0.29, 0.717) is 24.5 Å². The number of guanidine groups is 1. The molecule has 7 nitrogen and oxygen atoms in total. The Morgan fingerprint density at radius 1 is 1.11 bits per heavy atom. The molecule has 3 N–H and O–H groups in total. The smallest absolute Gasteiger partial charge is 0.215 e. The monoisotopic (exact) mass is 420 g/mol. The van der Waals surface area contributed by atoms with E-state index in [1.165, 1.54) is 4.31 Å². The van der Waals surface area contributed by atoms with Gasteiger partial charge in [-0.15, -0.1) is 0 Å². The normalized spacial score (nSPS) is 15.9. The molecule has 1 fully saturated rings. The van der Waals surface area contributed by atoms with E-state index in [-0.39, 0.29) is 18.3 Å². The van der Waals surface area contributed by atoms with Crippen LogP contribution in [0.25, 0.3) is 0 Å². The van der Waals surface area contributed by atoms with E-state index < -0.39 is 10.0 Å². The maximum Gasteiger partial charge on any atom is 0.215 e. The molecule has 9 heteroatoms. The third-order valence-corrected chi connectivity index (χ3v) is 6.87. The van der Waals surface area contributed by atoms with Crippen LogP contribution in [-0.2, 0) is 10.0 Å². The van der Waals surface area contributed by atoms with Crippen LogP contribution in [0.15, 0.2) is 59.6 Å². The first-order chi connectivity index (χ1) is 13.5. The van der Waals surface area contributed by atoms with Gasteiger partial charge in [0, 0.05) is 36.3 Å². The van der Waals surface area contributed by atoms with E-state index in [4.69, 9.17) is 10.5 Å². The fourth-order valence-electron chi connectivity index (χ4n) is 2.68. The first-order valence-electron chi connectivity index (χ1n) is 8.98. The van der Waals surface area contributed by atoms with Gasteiger partial charge in [0.2, 0.25) is 10.0 Å². The molecule has 150 valence electrons. The van der Waals surface area contributed by atoms with Crippen LogP contribution in [0.2, 0.25) is 0 Å². The van der Waals surface area contributed by atoms with Crippen molar-refractivity contribution in [3.05, 3.63) is 54.6 Å². The van der Waals surface area contributed by atoms with Crippen LogP contribution in [0, 0.1) is 0 Å². The van der Waals surface area contributed by atoms with Crippen LogP contribution >= 0.6 is 11.8 Å². The van der Waals surface area contributed by atoms with E-state index in [1.807, 2.05) is 48.5 Å². The van der Waals surface area contributed by atoms with Crippen molar-refractivity contribution in [2.45, 2.75) is 0 Å². The van der Waals surface area contributed by atoms with Gasteiger partial charge in [-0.1, -0.05) is 24.3 Å². The van der Waals surface area contributed by atoms with Crippen molar-refractivity contribution >= 4 is 33.4 Å². The van der Waals surface area contributed by atoms with Crippen LogP contribution in [-0.4, -0.2) is 55.6 Å². The molecule has 0 aromatic heterocycles. The predicted molar refractivity (Wildman–Crippen MR) is 116 cm³/mol. The Morgan fingerprint density at radius 3 is 2.57 bits per heavy atom. The largest absolute Gasteiger partial charge is 0.457 e. The second-order valence-electron chi connectivity index (χ2n) is 6.16. The maximum atomic E-state index is 12.3. The number of hydrogen-bond acceptors (Lipinski definition) is 5. The van der Waals surface area contributed by atoms with Crippen LogP contribution in [0.5, 0.6) is 11.5 Å². The molecule has 2 aromatic rings. The summed E-state index contributed by atoms with van der Waals surface area (Å²) < 4.78 is 31.9. The van der Waals surface area contributed by atoms with Gasteiger partial charge in [-0.3, -0.25) is 4.99 Å². The summed E-state index contributed by atoms with van der Waals surface area (Å²) in [4.78, 5) is 4.14. The summed E-state index contributed by atoms with van der Waals surface area (Å²) in [5.74, 6) is 3.21. The van der Waals surface area contributed by atoms with E-state index >= 15 is 0 Å². The molecule has 3 rings (SSSR count). The Morgan fingerprint density at radius 2 is 1.82 bits per heavy atom. The average Bonchev–Trinajstić information content (AvgIpc) is 2.69. The standard InChI is InChI=1S/C19H24N4O3S2/c20-19(21-9-14-28(24,25)23-10-12-27-13-11-23)22-16-5-4-8-18(15-16)26-17-6-2-1-3-7-17/h1-8,15H,9-14H2,(H3,20,21,22). The Balaban J connectivity index is 1.54. The number of nitrogens with one attached hydrogen (secondary N) is 1. The Labute approximate surface area is 170 Å². The third kappa shape index (κ3) is 6.15. The number of thioether (sulfide) groups is 1. The van der Waals surface area contributed by atoms with E-state index in [1.54, 1.807) is 17.8 Å². The third-order valence-electron chi connectivity index (χ3n) is 4.08. The minimum Gasteiger partial charge on any atom is -0.457 e. The summed E-state index contributed by atoms with van der Waals surface area (Å²) in [6.07, 6.45) is 0. The molecule has 0 bridgehead atoms. The molecular weight excluding hydrogens is 396 g/mol. The summed E-state index contributed by atoms with van der Waals surface area (Å²) in [6.45, 7) is 1.25. The lowest BCUT2D eigenvalue weighted by atomic mass is 10.3. The maximum absolute atomic E-state index is 12.3. The van der Waals surface area contributed by atoms with Crippen molar-refractivity contribution < 1.29 is 13.2 Å². The number of para-hydroxylation sites is 1. The highest BCUT2D eigenvalue weighted by Crippen LogP contribution is 2.23. The first kappa shape index (κ1) is 20.5. The van der Waals surface area contributed by atoms with Gasteiger partial charge < -0.3 is 15.8 Å². The van der Waals surface area contributed by atoms with E-state index in [2.05, 4.69) is 10.3 Å². The van der Waals surface area contributed by atoms with Crippen molar-refractivity contribution in [3.8, 4) is 11.5 Å². The van der Waals surface area contributed by atoms with Gasteiger partial charge in [-0.2, -0.15) is 11.8 Å². The zero-order valence-corrected chi connectivity index (χ0v) is 17.1. The number of benzene rings is 2. The summed E-state index contributed by atoms with van der Waals surface area (Å²) in [6, 6.07) is 16.8. The number of ether oxygens (including phenoxy) is 1. The molecule has 0 atom stereocenters. The quantitative estimate of drug-likeness (QED) is 0.528. The molecule has 2 aromatic carbocycles. The fourth-order valence-corrected chi connectivity index (χ4v) is 5.14. The molecule has 0 saturated carbocycles. The van der Waals surface area contributed by atoms with Gasteiger partial charge in [0.25, 0.3) is 0 Å². The van der Waals surface area contributed by atoms with Gasteiger partial charge in [0.05, 0.1) is 12.3 Å². The first-order valence-corrected chi connectivity index (χ1v) is 11.7. The minimum absolute atomic E-state index is 0.0444. The molecule has 28 heavy (non-hydrogen) atoms. The summed E-state index contributed by atoms with van der Waals surface area (Å²) in [5, 5.41) is 2.97. The molecule has 1 heterocycles. The second-order valence-corrected chi connectivity index (χ2v) is 9.48. The van der Waals surface area contributed by atoms with Crippen LogP contribution in [0.1, 0.15) is 0 Å². The molecule has 1 aliphatic heterocycles. The lowest BCUT2D eigenvalue weighted by Gasteiger charge is -2.25. The van der Waals surface area contributed by atoms with Crippen molar-refractivity contribution in [2.75, 3.05) is 42.2 Å². The van der Waals surface area contributed by atoms with Gasteiger partial charge in [0.1, 0.15) is 11.5 Å². The lowest BCUT2D eigenvalue weighted by molar-refractivity contribution is 0.444. The van der Waals surface area contributed by atoms with Crippen molar-refractivity contribution in [1.82, 2.24) is 4.31 Å². The van der Waals surface area contributed by atoms with Gasteiger partial charge in [0.15, 0.2) is 5.96 Å². The summed E-state index contributed by atoms with van der Waals surface area (Å²) in [7, 11) is -3.28. The highest BCUT2D eigenvalue weighted by molar-refractivity contribution is 7.99. The van der Waals surface area contributed by atoms with Crippen molar-refractivity contribution in [2.24, 2.45) is 10.7 Å². The zero-order valence-electron chi connectivity index (χ0n) is 15.5. The second kappa shape index (κ2) is 9.81. The predicted octanol–water partition coefficient (Wildman–Crippen LogP) is 2.58. The number of nitrogens with zero attached hydrogens (tertiary/aromatic N) is 2. The van der Waals surface area contributed by atoms with Crippen LogP contribution < -0.4 is 15.8 Å². The van der Waals surface area contributed by atoms with Crippen LogP contribution in [0.3, 0.4) is 0 Å². The number of hydrogen-bond donors (Lipinski definition) is 2. The Kier molecular flexibility index (Phi) is 7.18. The average molecular weight is 421 g/mol. The SMILES string of the molecule is NC(=NCCS(=O)(=O)N1CCSCC1)Nc1cccc(Oc2ccccc2)c1. The number of rotatable bonds is 7. The molecule has 0 amide bonds. The Hall–Kier alpha value is -2.23. The van der Waals surface area contributed by atoms with Crippen molar-refractivity contribution in [1.29, 1.82) is 0 Å². The molecule has 0 spiro atoms. The number of sulfonamides is 1. The minimum atomic E-state index is -3.28. The van der Waals surface area contributed by atoms with Gasteiger partial charge in [-0.25, -0.2) is 12.7 Å². The highest BCUT2D eigenvalue weighted by Gasteiger charge is 2.23. The number of anilines is 1. The highest BCUT2D eigenvalue weighted by atomic mass is 32.2. The number of nitrogens with two attached hydrogens (primary N) is 1. The van der Waals surface area contributed by atoms with E-state index in [0.717, 1.165) is 17.3 Å². The summed E-state index contributed by atoms with van der Waals surface area (Å²) in [5.41, 5.74) is 6.62. The molecular formula is C19H24N4O3S2. The number of aliphatic imine (C=N–C) groups is 1. The van der Waals surface area contributed by atoms with Gasteiger partial charge in [-0.05, 0) is 24.3 Å². The molecule has 1 saturated heterocycles. The molecule has 0 unspecified atom stereocenters. The summed E-state index contributed by atoms with van der Waals surface area (Å²) >= 11 is 1.77. The lowest BCUT2D eigenvalue weighted by Crippen LogP contribution is -2.40. The van der Waals surface area contributed by atoms with E-state index in [9.17, 15) is 8.42 Å². The van der Waals surface area contributed by atoms with Gasteiger partial charge >= 0.3 is 0 Å². The van der Waals surface area contributed by atoms with Crippen LogP contribution in [0.4, 0.5) is 5.69 Å². The molecule has 0 aliphatic carbocycles. The van der Waals surface area contributed by atoms with Crippen molar-refractivity contribution in [3.63, 3.8) is 0 Å². The zero-order chi connectivity index (χ0) is 19.8. The fraction of sp³-hybridized carbons (Fsp3) is 0.316. The Bertz CT molecular complexity index is 898. The molecule has 1 aliphatic rings. The topological polar surface area (TPSA) is 97.0 Å². The molecule has 0 radical (unpaired) electrons.